The van der Waals surface area contributed by atoms with Crippen molar-refractivity contribution in [3.8, 4) is 0 Å². The van der Waals surface area contributed by atoms with Gasteiger partial charge in [0.2, 0.25) is 0 Å². The number of halogens is 1. The van der Waals surface area contributed by atoms with Gasteiger partial charge in [-0.25, -0.2) is 0 Å². The van der Waals surface area contributed by atoms with Crippen molar-refractivity contribution in [2.24, 2.45) is 11.7 Å². The van der Waals surface area contributed by atoms with Crippen molar-refractivity contribution < 1.29 is 0 Å². The van der Waals surface area contributed by atoms with Crippen LogP contribution in [0, 0.1) is 12.8 Å². The largest absolute Gasteiger partial charge is 0.323 e. The second-order valence-electron chi connectivity index (χ2n) is 5.20. The molecule has 0 amide bonds. The fourth-order valence-electron chi connectivity index (χ4n) is 2.79. The SMILES string of the molecule is Cc1cc(Br)c(C(N)C2CCCCCCC2)s1. The molecule has 0 saturated heterocycles. The van der Waals surface area contributed by atoms with Gasteiger partial charge < -0.3 is 5.73 Å². The second kappa shape index (κ2) is 6.35. The molecule has 0 radical (unpaired) electrons. The minimum absolute atomic E-state index is 0.237. The number of thiophene rings is 1. The van der Waals surface area contributed by atoms with Gasteiger partial charge in [-0.2, -0.15) is 0 Å². The molecule has 1 aliphatic rings. The van der Waals surface area contributed by atoms with E-state index in [1.807, 2.05) is 11.3 Å². The van der Waals surface area contributed by atoms with Crippen molar-refractivity contribution in [2.45, 2.75) is 57.9 Å². The first-order chi connectivity index (χ1) is 8.18. The Bertz CT molecular complexity index is 353. The van der Waals surface area contributed by atoms with Gasteiger partial charge in [-0.3, -0.25) is 0 Å². The molecule has 1 aliphatic carbocycles. The molecule has 3 heteroatoms. The summed E-state index contributed by atoms with van der Waals surface area (Å²) in [5.41, 5.74) is 6.48. The van der Waals surface area contributed by atoms with Gasteiger partial charge in [0.05, 0.1) is 0 Å². The first-order valence-electron chi connectivity index (χ1n) is 6.70. The Hall–Kier alpha value is 0.140. The van der Waals surface area contributed by atoms with E-state index >= 15 is 0 Å². The standard InChI is InChI=1S/C14H22BrNS/c1-10-9-12(15)14(17-10)13(16)11-7-5-3-2-4-6-8-11/h9,11,13H,2-8,16H2,1H3. The van der Waals surface area contributed by atoms with Gasteiger partial charge in [-0.05, 0) is 47.7 Å². The summed E-state index contributed by atoms with van der Waals surface area (Å²) in [7, 11) is 0. The average Bonchev–Trinajstić information content (AvgIpc) is 2.56. The normalized spacial score (nSPS) is 20.9. The highest BCUT2D eigenvalue weighted by molar-refractivity contribution is 9.10. The van der Waals surface area contributed by atoms with E-state index < -0.39 is 0 Å². The third-order valence-electron chi connectivity index (χ3n) is 3.80. The van der Waals surface area contributed by atoms with E-state index in [0.29, 0.717) is 5.92 Å². The number of hydrogen-bond acceptors (Lipinski definition) is 2. The summed E-state index contributed by atoms with van der Waals surface area (Å²) in [6.07, 6.45) is 9.56. The Kier molecular flexibility index (Phi) is 5.07. The minimum Gasteiger partial charge on any atom is -0.323 e. The Labute approximate surface area is 117 Å². The predicted octanol–water partition coefficient (Wildman–Crippen LogP) is 5.18. The molecule has 1 atom stereocenters. The highest BCUT2D eigenvalue weighted by atomic mass is 79.9. The molecule has 2 rings (SSSR count). The van der Waals surface area contributed by atoms with Crippen LogP contribution in [0.15, 0.2) is 10.5 Å². The fraction of sp³-hybridized carbons (Fsp3) is 0.714. The summed E-state index contributed by atoms with van der Waals surface area (Å²) in [4.78, 5) is 2.71. The van der Waals surface area contributed by atoms with Gasteiger partial charge in [0.15, 0.2) is 0 Å². The van der Waals surface area contributed by atoms with Crippen LogP contribution < -0.4 is 5.73 Å². The van der Waals surface area contributed by atoms with Gasteiger partial charge in [-0.1, -0.05) is 32.1 Å². The second-order valence-corrected chi connectivity index (χ2v) is 7.34. The lowest BCUT2D eigenvalue weighted by atomic mass is 9.85. The Morgan fingerprint density at radius 2 is 1.82 bits per heavy atom. The van der Waals surface area contributed by atoms with E-state index in [1.165, 1.54) is 59.2 Å². The van der Waals surface area contributed by atoms with Gasteiger partial charge >= 0.3 is 0 Å². The minimum atomic E-state index is 0.237. The molecule has 1 aromatic rings. The van der Waals surface area contributed by atoms with Crippen LogP contribution in [-0.2, 0) is 0 Å². The first kappa shape index (κ1) is 13.6. The summed E-state index contributed by atoms with van der Waals surface area (Å²) in [6.45, 7) is 2.16. The van der Waals surface area contributed by atoms with E-state index in [1.54, 1.807) is 0 Å². The maximum absolute atomic E-state index is 6.48. The summed E-state index contributed by atoms with van der Waals surface area (Å²) in [6, 6.07) is 2.43. The molecule has 96 valence electrons. The summed E-state index contributed by atoms with van der Waals surface area (Å²) in [5.74, 6) is 0.685. The van der Waals surface area contributed by atoms with E-state index in [0.717, 1.165) is 0 Å². The van der Waals surface area contributed by atoms with Crippen molar-refractivity contribution in [1.82, 2.24) is 0 Å². The van der Waals surface area contributed by atoms with Gasteiger partial charge in [0.25, 0.3) is 0 Å². The molecule has 1 nitrogen and oxygen atoms in total. The molecular formula is C14H22BrNS. The lowest BCUT2D eigenvalue weighted by Crippen LogP contribution is -2.21. The molecule has 1 heterocycles. The third kappa shape index (κ3) is 3.55. The molecule has 0 aliphatic heterocycles. The summed E-state index contributed by atoms with van der Waals surface area (Å²) < 4.78 is 1.22. The molecular weight excluding hydrogens is 294 g/mol. The van der Waals surface area contributed by atoms with Crippen LogP contribution >= 0.6 is 27.3 Å². The Balaban J connectivity index is 2.06. The molecule has 1 unspecified atom stereocenters. The molecule has 17 heavy (non-hydrogen) atoms. The summed E-state index contributed by atoms with van der Waals surface area (Å²) >= 11 is 5.51. The van der Waals surface area contributed by atoms with Crippen LogP contribution in [0.1, 0.15) is 60.7 Å². The first-order valence-corrected chi connectivity index (χ1v) is 8.31. The molecule has 1 fully saturated rings. The van der Waals surface area contributed by atoms with Crippen molar-refractivity contribution in [3.63, 3.8) is 0 Å². The van der Waals surface area contributed by atoms with E-state index in [2.05, 4.69) is 28.9 Å². The van der Waals surface area contributed by atoms with E-state index in [4.69, 9.17) is 5.73 Å². The topological polar surface area (TPSA) is 26.0 Å². The maximum Gasteiger partial charge on any atom is 0.0429 e. The molecule has 1 saturated carbocycles. The van der Waals surface area contributed by atoms with Crippen molar-refractivity contribution in [1.29, 1.82) is 0 Å². The number of hydrogen-bond donors (Lipinski definition) is 1. The number of aryl methyl sites for hydroxylation is 1. The monoisotopic (exact) mass is 315 g/mol. The predicted molar refractivity (Wildman–Crippen MR) is 79.5 cm³/mol. The van der Waals surface area contributed by atoms with Gasteiger partial charge in [0.1, 0.15) is 0 Å². The Morgan fingerprint density at radius 3 is 2.35 bits per heavy atom. The van der Waals surface area contributed by atoms with Crippen molar-refractivity contribution in [3.05, 3.63) is 20.3 Å². The van der Waals surface area contributed by atoms with Crippen LogP contribution in [0.3, 0.4) is 0 Å². The lowest BCUT2D eigenvalue weighted by Gasteiger charge is -2.25. The lowest BCUT2D eigenvalue weighted by molar-refractivity contribution is 0.330. The highest BCUT2D eigenvalue weighted by Crippen LogP contribution is 2.38. The molecule has 2 N–H and O–H groups in total. The maximum atomic E-state index is 6.48. The number of nitrogens with two attached hydrogens (primary N) is 1. The number of rotatable bonds is 2. The van der Waals surface area contributed by atoms with Crippen LogP contribution in [-0.4, -0.2) is 0 Å². The van der Waals surface area contributed by atoms with Crippen LogP contribution in [0.5, 0.6) is 0 Å². The van der Waals surface area contributed by atoms with Gasteiger partial charge in [-0.15, -0.1) is 11.3 Å². The smallest absolute Gasteiger partial charge is 0.0429 e. The van der Waals surface area contributed by atoms with Crippen molar-refractivity contribution in [2.75, 3.05) is 0 Å². The fourth-order valence-corrected chi connectivity index (χ4v) is 4.80. The highest BCUT2D eigenvalue weighted by Gasteiger charge is 2.23. The zero-order valence-corrected chi connectivity index (χ0v) is 12.9. The zero-order chi connectivity index (χ0) is 12.3. The van der Waals surface area contributed by atoms with Crippen LogP contribution in [0.2, 0.25) is 0 Å². The van der Waals surface area contributed by atoms with E-state index in [9.17, 15) is 0 Å². The molecule has 0 spiro atoms. The summed E-state index contributed by atoms with van der Waals surface area (Å²) in [5, 5.41) is 0. The molecule has 1 aromatic heterocycles. The average molecular weight is 316 g/mol. The molecule has 0 aromatic carbocycles. The molecule has 0 bridgehead atoms. The third-order valence-corrected chi connectivity index (χ3v) is 5.87. The van der Waals surface area contributed by atoms with Gasteiger partial charge in [0, 0.05) is 20.3 Å². The van der Waals surface area contributed by atoms with Crippen LogP contribution in [0.4, 0.5) is 0 Å². The zero-order valence-electron chi connectivity index (χ0n) is 10.5. The Morgan fingerprint density at radius 1 is 1.24 bits per heavy atom. The quantitative estimate of drug-likeness (QED) is 0.799. The van der Waals surface area contributed by atoms with Crippen molar-refractivity contribution >= 4 is 27.3 Å². The van der Waals surface area contributed by atoms with Crippen LogP contribution in [0.25, 0.3) is 0 Å². The van der Waals surface area contributed by atoms with E-state index in [-0.39, 0.29) is 6.04 Å².